The number of likely N-dealkylation sites (N-methyl/N-ethyl adjacent to an activating group) is 1. The van der Waals surface area contributed by atoms with E-state index in [1.807, 2.05) is 13.8 Å². The Kier molecular flexibility index (Phi) is 4.76. The Labute approximate surface area is 116 Å². The average Bonchev–Trinajstić information content (AvgIpc) is 2.36. The molecule has 0 spiro atoms. The quantitative estimate of drug-likeness (QED) is 0.927. The molecule has 0 saturated heterocycles. The Balaban J connectivity index is 3.01. The van der Waals surface area contributed by atoms with Gasteiger partial charge in [0.2, 0.25) is 0 Å². The van der Waals surface area contributed by atoms with Gasteiger partial charge in [0.15, 0.2) is 0 Å². The molecule has 1 aromatic carbocycles. The van der Waals surface area contributed by atoms with Crippen LogP contribution in [0.4, 0.5) is 0 Å². The topological polar surface area (TPSA) is 49.8 Å². The Bertz CT molecular complexity index is 446. The van der Waals surface area contributed by atoms with Gasteiger partial charge in [0.05, 0.1) is 23.7 Å². The summed E-state index contributed by atoms with van der Waals surface area (Å²) >= 11 is 3.35. The molecule has 4 nitrogen and oxygen atoms in total. The second-order valence-corrected chi connectivity index (χ2v) is 5.54. The maximum atomic E-state index is 12.3. The number of benzene rings is 1. The van der Waals surface area contributed by atoms with E-state index in [4.69, 9.17) is 4.74 Å². The summed E-state index contributed by atoms with van der Waals surface area (Å²) in [5, 5.41) is 9.27. The monoisotopic (exact) mass is 315 g/mol. The number of carbonyl (C=O) groups excluding carboxylic acids is 1. The molecule has 0 aliphatic rings. The summed E-state index contributed by atoms with van der Waals surface area (Å²) in [4.78, 5) is 13.8. The number of hydrogen-bond donors (Lipinski definition) is 1. The number of ether oxygens (including phenoxy) is 1. The van der Waals surface area contributed by atoms with Gasteiger partial charge in [0.1, 0.15) is 5.75 Å². The van der Waals surface area contributed by atoms with Crippen LogP contribution in [0.2, 0.25) is 0 Å². The third kappa shape index (κ3) is 3.03. The zero-order chi connectivity index (χ0) is 13.9. The second-order valence-electron chi connectivity index (χ2n) is 4.68. The molecule has 1 N–H and O–H groups in total. The maximum absolute atomic E-state index is 12.3. The summed E-state index contributed by atoms with van der Waals surface area (Å²) < 4.78 is 5.84. The van der Waals surface area contributed by atoms with E-state index >= 15 is 0 Å². The van der Waals surface area contributed by atoms with Crippen LogP contribution in [0.5, 0.6) is 5.75 Å². The SMILES string of the molecule is COc1ccc(C(=O)N(C)C(C)(C)CO)cc1Br. The normalized spacial score (nSPS) is 11.2. The third-order valence-corrected chi connectivity index (χ3v) is 3.62. The number of hydrogen-bond acceptors (Lipinski definition) is 3. The summed E-state index contributed by atoms with van der Waals surface area (Å²) in [5.41, 5.74) is -0.0459. The number of amides is 1. The van der Waals surface area contributed by atoms with E-state index in [0.717, 1.165) is 4.47 Å². The van der Waals surface area contributed by atoms with Crippen molar-refractivity contribution in [2.75, 3.05) is 20.8 Å². The fourth-order valence-electron chi connectivity index (χ4n) is 1.37. The van der Waals surface area contributed by atoms with E-state index in [0.29, 0.717) is 11.3 Å². The highest BCUT2D eigenvalue weighted by Crippen LogP contribution is 2.26. The lowest BCUT2D eigenvalue weighted by Crippen LogP contribution is -2.47. The molecule has 0 heterocycles. The predicted molar refractivity (Wildman–Crippen MR) is 74.0 cm³/mol. The van der Waals surface area contributed by atoms with Gasteiger partial charge >= 0.3 is 0 Å². The van der Waals surface area contributed by atoms with Gasteiger partial charge in [0, 0.05) is 12.6 Å². The highest BCUT2D eigenvalue weighted by molar-refractivity contribution is 9.10. The molecule has 0 aliphatic heterocycles. The van der Waals surface area contributed by atoms with Gasteiger partial charge in [-0.3, -0.25) is 4.79 Å². The van der Waals surface area contributed by atoms with Crippen LogP contribution in [0.3, 0.4) is 0 Å². The molecular formula is C13H18BrNO3. The number of aliphatic hydroxyl groups excluding tert-OH is 1. The van der Waals surface area contributed by atoms with Crippen LogP contribution in [-0.4, -0.2) is 42.2 Å². The van der Waals surface area contributed by atoms with Crippen molar-refractivity contribution in [2.45, 2.75) is 19.4 Å². The zero-order valence-corrected chi connectivity index (χ0v) is 12.6. The first-order chi connectivity index (χ1) is 8.33. The molecule has 0 unspecified atom stereocenters. The summed E-state index contributed by atoms with van der Waals surface area (Å²) in [6.07, 6.45) is 0. The van der Waals surface area contributed by atoms with Gasteiger partial charge in [-0.2, -0.15) is 0 Å². The van der Waals surface area contributed by atoms with E-state index in [1.165, 1.54) is 4.90 Å². The van der Waals surface area contributed by atoms with Crippen molar-refractivity contribution in [2.24, 2.45) is 0 Å². The highest BCUT2D eigenvalue weighted by atomic mass is 79.9. The van der Waals surface area contributed by atoms with E-state index in [9.17, 15) is 9.90 Å². The van der Waals surface area contributed by atoms with Crippen molar-refractivity contribution in [3.63, 3.8) is 0 Å². The van der Waals surface area contributed by atoms with Crippen molar-refractivity contribution < 1.29 is 14.6 Å². The fourth-order valence-corrected chi connectivity index (χ4v) is 1.91. The minimum atomic E-state index is -0.594. The molecule has 1 aromatic rings. The molecular weight excluding hydrogens is 298 g/mol. The van der Waals surface area contributed by atoms with Crippen LogP contribution in [-0.2, 0) is 0 Å². The van der Waals surface area contributed by atoms with E-state index in [-0.39, 0.29) is 12.5 Å². The maximum Gasteiger partial charge on any atom is 0.254 e. The predicted octanol–water partition coefficient (Wildman–Crippen LogP) is 2.30. The number of methoxy groups -OCH3 is 1. The molecule has 18 heavy (non-hydrogen) atoms. The molecule has 0 atom stereocenters. The Hall–Kier alpha value is -1.07. The zero-order valence-electron chi connectivity index (χ0n) is 11.0. The molecule has 0 bridgehead atoms. The lowest BCUT2D eigenvalue weighted by molar-refractivity contribution is 0.0473. The van der Waals surface area contributed by atoms with Crippen LogP contribution < -0.4 is 4.74 Å². The van der Waals surface area contributed by atoms with Crippen molar-refractivity contribution in [3.8, 4) is 5.75 Å². The van der Waals surface area contributed by atoms with Gasteiger partial charge in [0.25, 0.3) is 5.91 Å². The van der Waals surface area contributed by atoms with Gasteiger partial charge in [-0.15, -0.1) is 0 Å². The molecule has 0 saturated carbocycles. The van der Waals surface area contributed by atoms with Crippen molar-refractivity contribution in [1.82, 2.24) is 4.90 Å². The van der Waals surface area contributed by atoms with Gasteiger partial charge in [-0.1, -0.05) is 0 Å². The van der Waals surface area contributed by atoms with Crippen LogP contribution in [0, 0.1) is 0 Å². The molecule has 0 aliphatic carbocycles. The van der Waals surface area contributed by atoms with Crippen molar-refractivity contribution in [3.05, 3.63) is 28.2 Å². The lowest BCUT2D eigenvalue weighted by Gasteiger charge is -2.34. The minimum absolute atomic E-state index is 0.0907. The van der Waals surface area contributed by atoms with Crippen molar-refractivity contribution >= 4 is 21.8 Å². The first kappa shape index (κ1) is 15.0. The summed E-state index contributed by atoms with van der Waals surface area (Å²) in [7, 11) is 3.25. The average molecular weight is 316 g/mol. The van der Waals surface area contributed by atoms with Crippen molar-refractivity contribution in [1.29, 1.82) is 0 Å². The number of rotatable bonds is 4. The fraction of sp³-hybridized carbons (Fsp3) is 0.462. The molecule has 0 aromatic heterocycles. The van der Waals surface area contributed by atoms with Gasteiger partial charge < -0.3 is 14.7 Å². The summed E-state index contributed by atoms with van der Waals surface area (Å²) in [5.74, 6) is 0.535. The second kappa shape index (κ2) is 5.71. The molecule has 0 fully saturated rings. The Morgan fingerprint density at radius 3 is 2.56 bits per heavy atom. The largest absolute Gasteiger partial charge is 0.496 e. The van der Waals surface area contributed by atoms with Crippen LogP contribution >= 0.6 is 15.9 Å². The standard InChI is InChI=1S/C13H18BrNO3/c1-13(2,8-16)15(3)12(17)9-5-6-11(18-4)10(14)7-9/h5-7,16H,8H2,1-4H3. The van der Waals surface area contributed by atoms with E-state index in [1.54, 1.807) is 32.4 Å². The molecule has 100 valence electrons. The van der Waals surface area contributed by atoms with Gasteiger partial charge in [-0.05, 0) is 48.0 Å². The lowest BCUT2D eigenvalue weighted by atomic mass is 10.0. The number of carbonyl (C=O) groups is 1. The summed E-state index contributed by atoms with van der Waals surface area (Å²) in [6.45, 7) is 3.53. The number of nitrogens with zero attached hydrogens (tertiary/aromatic N) is 1. The Morgan fingerprint density at radius 1 is 1.50 bits per heavy atom. The third-order valence-electron chi connectivity index (χ3n) is 3.00. The van der Waals surface area contributed by atoms with Gasteiger partial charge in [-0.25, -0.2) is 0 Å². The first-order valence-electron chi connectivity index (χ1n) is 5.56. The minimum Gasteiger partial charge on any atom is -0.496 e. The number of aliphatic hydroxyl groups is 1. The molecule has 0 radical (unpaired) electrons. The summed E-state index contributed by atoms with van der Waals surface area (Å²) in [6, 6.07) is 5.15. The van der Waals surface area contributed by atoms with Crippen LogP contribution in [0.1, 0.15) is 24.2 Å². The van der Waals surface area contributed by atoms with E-state index in [2.05, 4.69) is 15.9 Å². The number of halogens is 1. The molecule has 1 amide bonds. The highest BCUT2D eigenvalue weighted by Gasteiger charge is 2.27. The Morgan fingerprint density at radius 2 is 2.11 bits per heavy atom. The van der Waals surface area contributed by atoms with Crippen LogP contribution in [0.25, 0.3) is 0 Å². The smallest absolute Gasteiger partial charge is 0.254 e. The molecule has 1 rings (SSSR count). The first-order valence-corrected chi connectivity index (χ1v) is 6.35. The molecule has 5 heteroatoms. The van der Waals surface area contributed by atoms with E-state index < -0.39 is 5.54 Å². The van der Waals surface area contributed by atoms with Crippen LogP contribution in [0.15, 0.2) is 22.7 Å².